The number of likely N-dealkylation sites (tertiary alicyclic amines) is 1. The Morgan fingerprint density at radius 3 is 2.50 bits per heavy atom. The first-order valence-corrected chi connectivity index (χ1v) is 10.4. The summed E-state index contributed by atoms with van der Waals surface area (Å²) in [5.74, 6) is -0.108. The van der Waals surface area contributed by atoms with Crippen molar-refractivity contribution in [2.24, 2.45) is 5.41 Å². The molecule has 0 aromatic heterocycles. The molecule has 2 aliphatic heterocycles. The number of piperidine rings is 1. The van der Waals surface area contributed by atoms with Crippen molar-refractivity contribution in [2.75, 3.05) is 31.1 Å². The third kappa shape index (κ3) is 4.40. The molecule has 0 bridgehead atoms. The number of alkyl halides is 3. The van der Waals surface area contributed by atoms with Crippen LogP contribution in [0.3, 0.4) is 0 Å². The number of ether oxygens (including phenoxy) is 1. The molecule has 0 unspecified atom stereocenters. The molecular formula is C21H29F3N2O2. The predicted octanol–water partition coefficient (Wildman–Crippen LogP) is 4.18. The summed E-state index contributed by atoms with van der Waals surface area (Å²) in [5, 5.41) is 9.76. The highest BCUT2D eigenvalue weighted by Crippen LogP contribution is 2.44. The first kappa shape index (κ1) is 19.8. The van der Waals surface area contributed by atoms with Crippen LogP contribution >= 0.6 is 0 Å². The van der Waals surface area contributed by atoms with Crippen LogP contribution in [0.15, 0.2) is 24.3 Å². The Bertz CT molecular complexity index is 676. The van der Waals surface area contributed by atoms with Gasteiger partial charge in [0.05, 0.1) is 11.8 Å². The van der Waals surface area contributed by atoms with E-state index in [-0.39, 0.29) is 17.3 Å². The summed E-state index contributed by atoms with van der Waals surface area (Å²) in [4.78, 5) is 4.65. The predicted molar refractivity (Wildman–Crippen MR) is 101 cm³/mol. The first-order valence-electron chi connectivity index (χ1n) is 10.4. The van der Waals surface area contributed by atoms with Gasteiger partial charge in [-0.1, -0.05) is 12.1 Å². The molecule has 156 valence electrons. The molecule has 28 heavy (non-hydrogen) atoms. The van der Waals surface area contributed by atoms with Crippen molar-refractivity contribution >= 4 is 5.69 Å². The summed E-state index contributed by atoms with van der Waals surface area (Å²) in [5.41, 5.74) is 0.678. The number of anilines is 1. The molecule has 1 aromatic rings. The second kappa shape index (κ2) is 7.75. The maximum atomic E-state index is 12.8. The largest absolute Gasteiger partial charge is 0.573 e. The van der Waals surface area contributed by atoms with Gasteiger partial charge in [-0.05, 0) is 63.6 Å². The maximum Gasteiger partial charge on any atom is 0.573 e. The zero-order valence-electron chi connectivity index (χ0n) is 16.1. The Kier molecular flexibility index (Phi) is 5.49. The minimum atomic E-state index is -4.68. The topological polar surface area (TPSA) is 35.9 Å². The molecule has 2 saturated heterocycles. The van der Waals surface area contributed by atoms with Gasteiger partial charge in [-0.2, -0.15) is 0 Å². The Hall–Kier alpha value is -1.47. The molecule has 1 aliphatic carbocycles. The number of hydrogen-bond acceptors (Lipinski definition) is 4. The van der Waals surface area contributed by atoms with Gasteiger partial charge in [0.2, 0.25) is 0 Å². The zero-order valence-corrected chi connectivity index (χ0v) is 16.1. The fraction of sp³-hybridized carbons (Fsp3) is 0.714. The van der Waals surface area contributed by atoms with Crippen molar-refractivity contribution in [3.8, 4) is 5.75 Å². The Labute approximate surface area is 164 Å². The van der Waals surface area contributed by atoms with Gasteiger partial charge in [0, 0.05) is 31.1 Å². The lowest BCUT2D eigenvalue weighted by atomic mass is 9.79. The quantitative estimate of drug-likeness (QED) is 0.829. The number of hydrogen-bond donors (Lipinski definition) is 1. The second-order valence-corrected chi connectivity index (χ2v) is 8.72. The lowest BCUT2D eigenvalue weighted by Gasteiger charge is -2.43. The van der Waals surface area contributed by atoms with Gasteiger partial charge in [0.1, 0.15) is 0 Å². The lowest BCUT2D eigenvalue weighted by molar-refractivity contribution is -0.274. The molecule has 3 fully saturated rings. The van der Waals surface area contributed by atoms with Gasteiger partial charge >= 0.3 is 6.36 Å². The van der Waals surface area contributed by atoms with Crippen molar-refractivity contribution in [3.05, 3.63) is 24.3 Å². The summed E-state index contributed by atoms with van der Waals surface area (Å²) < 4.78 is 42.7. The van der Waals surface area contributed by atoms with E-state index in [1.165, 1.54) is 6.07 Å². The van der Waals surface area contributed by atoms with Crippen LogP contribution in [0.25, 0.3) is 0 Å². The van der Waals surface area contributed by atoms with Crippen LogP contribution in [0.4, 0.5) is 18.9 Å². The van der Waals surface area contributed by atoms with Gasteiger partial charge in [-0.15, -0.1) is 13.2 Å². The molecule has 1 saturated carbocycles. The molecule has 1 N–H and O–H groups in total. The van der Waals surface area contributed by atoms with Crippen LogP contribution in [-0.4, -0.2) is 54.7 Å². The summed E-state index contributed by atoms with van der Waals surface area (Å²) in [7, 11) is 0. The first-order chi connectivity index (χ1) is 13.3. The molecule has 0 radical (unpaired) electrons. The number of aliphatic hydroxyl groups excluding tert-OH is 1. The van der Waals surface area contributed by atoms with E-state index in [4.69, 9.17) is 0 Å². The Morgan fingerprint density at radius 2 is 1.75 bits per heavy atom. The van der Waals surface area contributed by atoms with Crippen LogP contribution in [0.5, 0.6) is 5.75 Å². The van der Waals surface area contributed by atoms with E-state index in [0.717, 1.165) is 71.1 Å². The van der Waals surface area contributed by atoms with Gasteiger partial charge in [0.25, 0.3) is 0 Å². The third-order valence-corrected chi connectivity index (χ3v) is 6.74. The van der Waals surface area contributed by atoms with Crippen LogP contribution < -0.4 is 9.64 Å². The molecule has 1 atom stereocenters. The van der Waals surface area contributed by atoms with E-state index in [1.54, 1.807) is 18.2 Å². The highest BCUT2D eigenvalue weighted by molar-refractivity contribution is 5.59. The molecule has 1 spiro atoms. The van der Waals surface area contributed by atoms with Crippen LogP contribution in [0.2, 0.25) is 0 Å². The van der Waals surface area contributed by atoms with Crippen LogP contribution in [-0.2, 0) is 0 Å². The molecule has 4 nitrogen and oxygen atoms in total. The average molecular weight is 398 g/mol. The molecule has 7 heteroatoms. The number of aliphatic hydroxyl groups is 1. The summed E-state index contributed by atoms with van der Waals surface area (Å²) in [6, 6.07) is 7.03. The molecular weight excluding hydrogens is 369 g/mol. The molecule has 0 amide bonds. The highest BCUT2D eigenvalue weighted by Gasteiger charge is 2.44. The van der Waals surface area contributed by atoms with Crippen LogP contribution in [0.1, 0.15) is 44.9 Å². The molecule has 4 rings (SSSR count). The lowest BCUT2D eigenvalue weighted by Crippen LogP contribution is -2.46. The monoisotopic (exact) mass is 398 g/mol. The Balaban J connectivity index is 1.45. The number of nitrogens with zero attached hydrogens (tertiary/aromatic N) is 2. The van der Waals surface area contributed by atoms with E-state index in [2.05, 4.69) is 14.5 Å². The zero-order chi connectivity index (χ0) is 19.8. The van der Waals surface area contributed by atoms with Gasteiger partial charge in [0.15, 0.2) is 5.75 Å². The Morgan fingerprint density at radius 1 is 1.00 bits per heavy atom. The van der Waals surface area contributed by atoms with Crippen molar-refractivity contribution in [1.29, 1.82) is 0 Å². The van der Waals surface area contributed by atoms with Crippen LogP contribution in [0, 0.1) is 5.41 Å². The van der Waals surface area contributed by atoms with Gasteiger partial charge in [-0.25, -0.2) is 0 Å². The highest BCUT2D eigenvalue weighted by atomic mass is 19.4. The van der Waals surface area contributed by atoms with E-state index in [9.17, 15) is 18.3 Å². The van der Waals surface area contributed by atoms with E-state index in [0.29, 0.717) is 11.7 Å². The minimum absolute atomic E-state index is 0.108. The fourth-order valence-electron chi connectivity index (χ4n) is 5.38. The smallest absolute Gasteiger partial charge is 0.404 e. The van der Waals surface area contributed by atoms with E-state index in [1.807, 2.05) is 0 Å². The summed E-state index contributed by atoms with van der Waals surface area (Å²) in [6.45, 7) is 3.59. The fourth-order valence-corrected chi connectivity index (χ4v) is 5.38. The van der Waals surface area contributed by atoms with Crippen molar-refractivity contribution in [1.82, 2.24) is 4.90 Å². The van der Waals surface area contributed by atoms with Crippen molar-refractivity contribution in [2.45, 2.75) is 63.5 Å². The second-order valence-electron chi connectivity index (χ2n) is 8.72. The van der Waals surface area contributed by atoms with E-state index < -0.39 is 6.36 Å². The van der Waals surface area contributed by atoms with Gasteiger partial charge < -0.3 is 14.7 Å². The van der Waals surface area contributed by atoms with Gasteiger partial charge in [-0.3, -0.25) is 4.90 Å². The maximum absolute atomic E-state index is 12.8. The summed E-state index contributed by atoms with van der Waals surface area (Å²) >= 11 is 0. The van der Waals surface area contributed by atoms with Crippen molar-refractivity contribution in [3.63, 3.8) is 0 Å². The number of halogens is 3. The number of rotatable bonds is 3. The SMILES string of the molecule is O[C@H]1CC[C@H](N2CC[C@]3(CCCN(c4ccccc4OC(F)(F)F)C3)C2)CC1. The molecule has 2 heterocycles. The van der Waals surface area contributed by atoms with E-state index >= 15 is 0 Å². The third-order valence-electron chi connectivity index (χ3n) is 6.74. The van der Waals surface area contributed by atoms with Crippen molar-refractivity contribution < 1.29 is 23.0 Å². The minimum Gasteiger partial charge on any atom is -0.404 e. The standard InChI is InChI=1S/C21H29F3N2O2/c22-21(23,24)28-19-5-2-1-4-18(19)26-12-3-10-20(15-26)11-13-25(14-20)16-6-8-17(27)9-7-16/h1-2,4-5,16-17,27H,3,6-15H2/t16-,17-,20-/m1/s1. The summed E-state index contributed by atoms with van der Waals surface area (Å²) in [6.07, 6.45) is 2.21. The number of benzene rings is 1. The number of para-hydroxylation sites is 2. The average Bonchev–Trinajstić information content (AvgIpc) is 3.04. The normalized spacial score (nSPS) is 32.1. The molecule has 3 aliphatic rings. The molecule has 1 aromatic carbocycles.